The summed E-state index contributed by atoms with van der Waals surface area (Å²) >= 11 is 0. The molecular weight excluding hydrogens is 277 g/mol. The van der Waals surface area contributed by atoms with Gasteiger partial charge in [0.15, 0.2) is 12.4 Å². The van der Waals surface area contributed by atoms with E-state index in [1.54, 1.807) is 13.0 Å². The van der Waals surface area contributed by atoms with Crippen molar-refractivity contribution in [1.82, 2.24) is 10.1 Å². The Morgan fingerprint density at radius 1 is 1.48 bits per heavy atom. The monoisotopic (exact) mass is 291 g/mol. The van der Waals surface area contributed by atoms with E-state index in [0.717, 1.165) is 0 Å². The second-order valence-electron chi connectivity index (χ2n) is 4.16. The molecule has 1 unspecified atom stereocenters. The molecule has 0 amide bonds. The maximum absolute atomic E-state index is 13.4. The van der Waals surface area contributed by atoms with Gasteiger partial charge in [-0.1, -0.05) is 11.2 Å². The van der Waals surface area contributed by atoms with Crippen LogP contribution in [0.1, 0.15) is 37.2 Å². The van der Waals surface area contributed by atoms with E-state index in [1.807, 2.05) is 6.92 Å². The minimum Gasteiger partial charge on any atom is -0.482 e. The fraction of sp³-hybridized carbons (Fsp3) is 0.357. The molecule has 1 aromatic carbocycles. The lowest BCUT2D eigenvalue weighted by Gasteiger charge is -2.06. The minimum absolute atomic E-state index is 0.0516. The van der Waals surface area contributed by atoms with E-state index >= 15 is 0 Å². The number of nitriles is 1. The van der Waals surface area contributed by atoms with Gasteiger partial charge in [-0.05, 0) is 26.0 Å². The highest BCUT2D eigenvalue weighted by atomic mass is 19.1. The molecule has 6 nitrogen and oxygen atoms in total. The molecule has 0 radical (unpaired) electrons. The molecular formula is C14H14FN3O3. The van der Waals surface area contributed by atoms with E-state index in [9.17, 15) is 4.39 Å². The third kappa shape index (κ3) is 3.55. The third-order valence-corrected chi connectivity index (χ3v) is 2.70. The molecule has 2 rings (SSSR count). The van der Waals surface area contributed by atoms with Gasteiger partial charge >= 0.3 is 0 Å². The van der Waals surface area contributed by atoms with Gasteiger partial charge in [0.2, 0.25) is 0 Å². The van der Waals surface area contributed by atoms with Crippen molar-refractivity contribution < 1.29 is 18.4 Å². The first-order valence-electron chi connectivity index (χ1n) is 6.41. The Bertz CT molecular complexity index is 651. The van der Waals surface area contributed by atoms with Gasteiger partial charge < -0.3 is 14.0 Å². The first kappa shape index (κ1) is 14.9. The Morgan fingerprint density at radius 3 is 3.00 bits per heavy atom. The lowest BCUT2D eigenvalue weighted by atomic mass is 10.2. The molecule has 0 aliphatic rings. The number of ether oxygens (including phenoxy) is 2. The van der Waals surface area contributed by atoms with Crippen LogP contribution in [0, 0.1) is 17.1 Å². The number of hydrogen-bond donors (Lipinski definition) is 0. The van der Waals surface area contributed by atoms with Crippen molar-refractivity contribution in [3.8, 4) is 11.8 Å². The van der Waals surface area contributed by atoms with Gasteiger partial charge in [-0.3, -0.25) is 0 Å². The molecule has 0 saturated carbocycles. The minimum atomic E-state index is -0.633. The zero-order chi connectivity index (χ0) is 15.2. The maximum atomic E-state index is 13.4. The predicted molar refractivity (Wildman–Crippen MR) is 69.8 cm³/mol. The standard InChI is InChI=1S/C14H14FN3O3/c1-3-19-9(2)14-17-13(21-18-14)8-20-12-6-4-5-11(15)10(12)7-16/h4-6,9H,3,8H2,1-2H3. The van der Waals surface area contributed by atoms with Gasteiger partial charge in [0.1, 0.15) is 29.3 Å². The van der Waals surface area contributed by atoms with Crippen LogP contribution in [-0.2, 0) is 11.3 Å². The fourth-order valence-corrected chi connectivity index (χ4v) is 1.69. The molecule has 21 heavy (non-hydrogen) atoms. The van der Waals surface area contributed by atoms with Crippen molar-refractivity contribution in [2.45, 2.75) is 26.6 Å². The summed E-state index contributed by atoms with van der Waals surface area (Å²) in [5.74, 6) is 0.140. The molecule has 0 bridgehead atoms. The van der Waals surface area contributed by atoms with Gasteiger partial charge in [0.05, 0.1) is 0 Å². The number of benzene rings is 1. The summed E-state index contributed by atoms with van der Waals surface area (Å²) in [6.45, 7) is 4.16. The lowest BCUT2D eigenvalue weighted by Crippen LogP contribution is -2.03. The van der Waals surface area contributed by atoms with Crippen molar-refractivity contribution in [3.63, 3.8) is 0 Å². The Morgan fingerprint density at radius 2 is 2.29 bits per heavy atom. The number of hydrogen-bond acceptors (Lipinski definition) is 6. The van der Waals surface area contributed by atoms with Crippen LogP contribution in [-0.4, -0.2) is 16.7 Å². The first-order valence-corrected chi connectivity index (χ1v) is 6.41. The Kier molecular flexibility index (Phi) is 4.85. The number of nitrogens with zero attached hydrogens (tertiary/aromatic N) is 3. The summed E-state index contributed by atoms with van der Waals surface area (Å²) in [6.07, 6.45) is -0.281. The Labute approximate surface area is 121 Å². The molecule has 2 aromatic rings. The van der Waals surface area contributed by atoms with Crippen molar-refractivity contribution in [2.24, 2.45) is 0 Å². The first-order chi connectivity index (χ1) is 10.2. The summed E-state index contributed by atoms with van der Waals surface area (Å²) in [6, 6.07) is 5.91. The lowest BCUT2D eigenvalue weighted by molar-refractivity contribution is 0.0683. The zero-order valence-corrected chi connectivity index (χ0v) is 11.7. The van der Waals surface area contributed by atoms with Crippen LogP contribution in [0.4, 0.5) is 4.39 Å². The molecule has 1 heterocycles. The summed E-state index contributed by atoms with van der Waals surface area (Å²) in [7, 11) is 0. The van der Waals surface area contributed by atoms with E-state index in [2.05, 4.69) is 10.1 Å². The Balaban J connectivity index is 2.04. The predicted octanol–water partition coefficient (Wildman–Crippen LogP) is 2.76. The molecule has 0 aliphatic carbocycles. The molecule has 0 saturated heterocycles. The number of aromatic nitrogens is 2. The van der Waals surface area contributed by atoms with E-state index < -0.39 is 5.82 Å². The largest absolute Gasteiger partial charge is 0.482 e. The normalized spacial score (nSPS) is 11.9. The SMILES string of the molecule is CCOC(C)c1noc(COc2cccc(F)c2C#N)n1. The second kappa shape index (κ2) is 6.81. The molecule has 0 N–H and O–H groups in total. The second-order valence-corrected chi connectivity index (χ2v) is 4.16. The highest BCUT2D eigenvalue weighted by Crippen LogP contribution is 2.21. The van der Waals surface area contributed by atoms with Gasteiger partial charge in [0.25, 0.3) is 5.89 Å². The van der Waals surface area contributed by atoms with E-state index in [1.165, 1.54) is 18.2 Å². The molecule has 110 valence electrons. The molecule has 1 aromatic heterocycles. The van der Waals surface area contributed by atoms with Crippen LogP contribution in [0.2, 0.25) is 0 Å². The van der Waals surface area contributed by atoms with Crippen molar-refractivity contribution >= 4 is 0 Å². The van der Waals surface area contributed by atoms with E-state index in [-0.39, 0.29) is 29.9 Å². The van der Waals surface area contributed by atoms with Crippen LogP contribution in [0.5, 0.6) is 5.75 Å². The topological polar surface area (TPSA) is 81.2 Å². The van der Waals surface area contributed by atoms with Crippen molar-refractivity contribution in [1.29, 1.82) is 5.26 Å². The molecule has 0 spiro atoms. The molecule has 0 aliphatic heterocycles. The van der Waals surface area contributed by atoms with Gasteiger partial charge in [-0.15, -0.1) is 0 Å². The number of halogens is 1. The smallest absolute Gasteiger partial charge is 0.264 e. The van der Waals surface area contributed by atoms with Crippen LogP contribution in [0.25, 0.3) is 0 Å². The van der Waals surface area contributed by atoms with E-state index in [0.29, 0.717) is 12.4 Å². The van der Waals surface area contributed by atoms with E-state index in [4.69, 9.17) is 19.3 Å². The van der Waals surface area contributed by atoms with Crippen LogP contribution < -0.4 is 4.74 Å². The van der Waals surface area contributed by atoms with Crippen molar-refractivity contribution in [2.75, 3.05) is 6.61 Å². The maximum Gasteiger partial charge on any atom is 0.264 e. The summed E-state index contributed by atoms with van der Waals surface area (Å²) in [5, 5.41) is 12.7. The third-order valence-electron chi connectivity index (χ3n) is 2.70. The van der Waals surface area contributed by atoms with Gasteiger partial charge in [0, 0.05) is 6.61 Å². The summed E-state index contributed by atoms with van der Waals surface area (Å²) < 4.78 is 29.1. The average molecular weight is 291 g/mol. The molecule has 0 fully saturated rings. The van der Waals surface area contributed by atoms with Crippen LogP contribution in [0.15, 0.2) is 22.7 Å². The zero-order valence-electron chi connectivity index (χ0n) is 11.7. The molecule has 1 atom stereocenters. The van der Waals surface area contributed by atoms with Crippen LogP contribution in [0.3, 0.4) is 0 Å². The number of rotatable bonds is 6. The molecule has 7 heteroatoms. The fourth-order valence-electron chi connectivity index (χ4n) is 1.69. The van der Waals surface area contributed by atoms with Crippen molar-refractivity contribution in [3.05, 3.63) is 41.3 Å². The quantitative estimate of drug-likeness (QED) is 0.814. The Hall–Kier alpha value is -2.46. The summed E-state index contributed by atoms with van der Waals surface area (Å²) in [4.78, 5) is 4.12. The average Bonchev–Trinajstić information content (AvgIpc) is 2.94. The highest BCUT2D eigenvalue weighted by molar-refractivity contribution is 5.43. The van der Waals surface area contributed by atoms with Gasteiger partial charge in [-0.2, -0.15) is 10.2 Å². The van der Waals surface area contributed by atoms with Gasteiger partial charge in [-0.25, -0.2) is 4.39 Å². The highest BCUT2D eigenvalue weighted by Gasteiger charge is 2.15. The summed E-state index contributed by atoms with van der Waals surface area (Å²) in [5.41, 5.74) is -0.153. The van der Waals surface area contributed by atoms with Crippen LogP contribution >= 0.6 is 0 Å².